The molecular weight excluding hydrogens is 178 g/mol. The summed E-state index contributed by atoms with van der Waals surface area (Å²) in [6.45, 7) is 3.59. The molecular formula is C11H15NO2. The van der Waals surface area contributed by atoms with Crippen LogP contribution >= 0.6 is 0 Å². The molecule has 0 aliphatic rings. The number of ketones is 1. The highest BCUT2D eigenvalue weighted by Gasteiger charge is 2.13. The second kappa shape index (κ2) is 4.74. The quantitative estimate of drug-likeness (QED) is 0.537. The van der Waals surface area contributed by atoms with Gasteiger partial charge in [-0.15, -0.1) is 0 Å². The second-order valence-corrected chi connectivity index (χ2v) is 3.49. The van der Waals surface area contributed by atoms with Crippen LogP contribution in [0, 0.1) is 11.1 Å². The van der Waals surface area contributed by atoms with Gasteiger partial charge in [-0.2, -0.15) is 4.73 Å². The summed E-state index contributed by atoms with van der Waals surface area (Å²) in [6.07, 6.45) is 4.45. The zero-order valence-corrected chi connectivity index (χ0v) is 8.56. The zero-order valence-electron chi connectivity index (χ0n) is 8.56. The van der Waals surface area contributed by atoms with Crippen LogP contribution in [0.4, 0.5) is 0 Å². The van der Waals surface area contributed by atoms with Crippen molar-refractivity contribution in [2.75, 3.05) is 0 Å². The van der Waals surface area contributed by atoms with Gasteiger partial charge in [0.1, 0.15) is 5.78 Å². The summed E-state index contributed by atoms with van der Waals surface area (Å²) >= 11 is 0. The van der Waals surface area contributed by atoms with Gasteiger partial charge in [-0.25, -0.2) is 0 Å². The average Bonchev–Trinajstić information content (AvgIpc) is 2.14. The first-order chi connectivity index (χ1) is 6.63. The molecule has 1 aromatic heterocycles. The van der Waals surface area contributed by atoms with Crippen LogP contribution in [0.5, 0.6) is 0 Å². The van der Waals surface area contributed by atoms with Crippen molar-refractivity contribution < 1.29 is 9.52 Å². The Hall–Kier alpha value is -1.38. The first-order valence-electron chi connectivity index (χ1n) is 4.81. The largest absolute Gasteiger partial charge is 0.619 e. The SMILES string of the molecule is CC[C@@H](Cc1ccc[n+]([O-])c1)C(C)=O. The van der Waals surface area contributed by atoms with E-state index < -0.39 is 0 Å². The zero-order chi connectivity index (χ0) is 10.6. The highest BCUT2D eigenvalue weighted by atomic mass is 16.5. The summed E-state index contributed by atoms with van der Waals surface area (Å²) in [5, 5.41) is 11.0. The van der Waals surface area contributed by atoms with Crippen LogP contribution in [0.3, 0.4) is 0 Å². The number of nitrogens with zero attached hydrogens (tertiary/aromatic N) is 1. The van der Waals surface area contributed by atoms with E-state index in [1.54, 1.807) is 13.0 Å². The van der Waals surface area contributed by atoms with E-state index in [-0.39, 0.29) is 11.7 Å². The highest BCUT2D eigenvalue weighted by molar-refractivity contribution is 5.78. The van der Waals surface area contributed by atoms with E-state index in [0.29, 0.717) is 6.42 Å². The van der Waals surface area contributed by atoms with Crippen molar-refractivity contribution in [2.24, 2.45) is 5.92 Å². The molecule has 0 bridgehead atoms. The van der Waals surface area contributed by atoms with Gasteiger partial charge < -0.3 is 5.21 Å². The molecule has 0 radical (unpaired) electrons. The molecule has 1 atom stereocenters. The minimum absolute atomic E-state index is 0.0393. The van der Waals surface area contributed by atoms with Crippen LogP contribution in [-0.4, -0.2) is 5.78 Å². The monoisotopic (exact) mass is 193 g/mol. The molecule has 1 heterocycles. The molecule has 0 saturated carbocycles. The average molecular weight is 193 g/mol. The minimum Gasteiger partial charge on any atom is -0.619 e. The molecule has 0 aliphatic heterocycles. The van der Waals surface area contributed by atoms with E-state index in [0.717, 1.165) is 16.7 Å². The van der Waals surface area contributed by atoms with Crippen molar-refractivity contribution in [3.05, 3.63) is 35.3 Å². The van der Waals surface area contributed by atoms with Gasteiger partial charge in [-0.05, 0) is 25.8 Å². The van der Waals surface area contributed by atoms with Gasteiger partial charge in [0.25, 0.3) is 0 Å². The van der Waals surface area contributed by atoms with Gasteiger partial charge in [0.15, 0.2) is 12.4 Å². The van der Waals surface area contributed by atoms with E-state index in [1.807, 2.05) is 13.0 Å². The predicted octanol–water partition coefficient (Wildman–Crippen LogP) is 1.48. The van der Waals surface area contributed by atoms with E-state index in [4.69, 9.17) is 0 Å². The van der Waals surface area contributed by atoms with Gasteiger partial charge in [0, 0.05) is 17.5 Å². The van der Waals surface area contributed by atoms with E-state index in [9.17, 15) is 10.0 Å². The molecule has 0 saturated heterocycles. The predicted molar refractivity (Wildman–Crippen MR) is 53.6 cm³/mol. The van der Waals surface area contributed by atoms with Crippen LogP contribution in [0.25, 0.3) is 0 Å². The van der Waals surface area contributed by atoms with Gasteiger partial charge in [0.05, 0.1) is 0 Å². The maximum Gasteiger partial charge on any atom is 0.183 e. The number of hydrogen-bond donors (Lipinski definition) is 0. The lowest BCUT2D eigenvalue weighted by Gasteiger charge is -2.09. The molecule has 3 heteroatoms. The Morgan fingerprint density at radius 2 is 2.36 bits per heavy atom. The van der Waals surface area contributed by atoms with Gasteiger partial charge in [0.2, 0.25) is 0 Å². The van der Waals surface area contributed by atoms with Crippen LogP contribution in [0.2, 0.25) is 0 Å². The Balaban J connectivity index is 2.72. The second-order valence-electron chi connectivity index (χ2n) is 3.49. The molecule has 0 unspecified atom stereocenters. The van der Waals surface area contributed by atoms with Gasteiger partial charge in [-0.3, -0.25) is 4.79 Å². The first kappa shape index (κ1) is 10.7. The van der Waals surface area contributed by atoms with Crippen LogP contribution in [0.15, 0.2) is 24.5 Å². The van der Waals surface area contributed by atoms with Crippen LogP contribution in [-0.2, 0) is 11.2 Å². The maximum atomic E-state index is 11.2. The third-order valence-electron chi connectivity index (χ3n) is 2.39. The third-order valence-corrected chi connectivity index (χ3v) is 2.39. The summed E-state index contributed by atoms with van der Waals surface area (Å²) in [5.41, 5.74) is 0.921. The Morgan fingerprint density at radius 1 is 1.64 bits per heavy atom. The van der Waals surface area contributed by atoms with Crippen molar-refractivity contribution in [1.29, 1.82) is 0 Å². The summed E-state index contributed by atoms with van der Waals surface area (Å²) in [5.74, 6) is 0.228. The molecule has 0 amide bonds. The molecule has 1 rings (SSSR count). The molecule has 0 spiro atoms. The summed E-state index contributed by atoms with van der Waals surface area (Å²) in [6, 6.07) is 3.58. The normalized spacial score (nSPS) is 12.4. The van der Waals surface area contributed by atoms with Crippen LogP contribution < -0.4 is 4.73 Å². The lowest BCUT2D eigenvalue weighted by atomic mass is 9.94. The highest BCUT2D eigenvalue weighted by Crippen LogP contribution is 2.11. The van der Waals surface area contributed by atoms with E-state index in [2.05, 4.69) is 0 Å². The third kappa shape index (κ3) is 2.83. The smallest absolute Gasteiger partial charge is 0.183 e. The lowest BCUT2D eigenvalue weighted by molar-refractivity contribution is -0.605. The first-order valence-corrected chi connectivity index (χ1v) is 4.81. The molecule has 0 aliphatic carbocycles. The number of Topliss-reactive ketones (excluding diaryl/α,β-unsaturated/α-hetero) is 1. The van der Waals surface area contributed by atoms with Crippen molar-refractivity contribution >= 4 is 5.78 Å². The summed E-state index contributed by atoms with van der Waals surface area (Å²) in [7, 11) is 0. The standard InChI is InChI=1S/C11H15NO2/c1-3-11(9(2)13)7-10-5-4-6-12(14)8-10/h4-6,8,11H,3,7H2,1-2H3/t11-/m0/s1. The van der Waals surface area contributed by atoms with Gasteiger partial charge >= 0.3 is 0 Å². The molecule has 0 aromatic carbocycles. The summed E-state index contributed by atoms with van der Waals surface area (Å²) < 4.78 is 0.766. The Bertz CT molecular complexity index is 323. The molecule has 3 nitrogen and oxygen atoms in total. The molecule has 0 N–H and O–H groups in total. The van der Waals surface area contributed by atoms with Crippen molar-refractivity contribution in [3.8, 4) is 0 Å². The van der Waals surface area contributed by atoms with Crippen molar-refractivity contribution in [2.45, 2.75) is 26.7 Å². The molecule has 76 valence electrons. The number of hydrogen-bond acceptors (Lipinski definition) is 2. The number of pyridine rings is 1. The molecule has 0 fully saturated rings. The van der Waals surface area contributed by atoms with Crippen molar-refractivity contribution in [3.63, 3.8) is 0 Å². The fourth-order valence-electron chi connectivity index (χ4n) is 1.48. The molecule has 14 heavy (non-hydrogen) atoms. The number of rotatable bonds is 4. The maximum absolute atomic E-state index is 11.2. The fraction of sp³-hybridized carbons (Fsp3) is 0.455. The van der Waals surface area contributed by atoms with E-state index in [1.165, 1.54) is 12.4 Å². The van der Waals surface area contributed by atoms with Crippen molar-refractivity contribution in [1.82, 2.24) is 0 Å². The summed E-state index contributed by atoms with van der Waals surface area (Å²) in [4.78, 5) is 11.2. The van der Waals surface area contributed by atoms with Gasteiger partial charge in [-0.1, -0.05) is 6.92 Å². The Labute approximate surface area is 84.0 Å². The Kier molecular flexibility index (Phi) is 3.63. The molecule has 1 aromatic rings. The fourth-order valence-corrected chi connectivity index (χ4v) is 1.48. The minimum atomic E-state index is 0.0393. The number of aromatic nitrogens is 1. The Morgan fingerprint density at radius 3 is 2.86 bits per heavy atom. The topological polar surface area (TPSA) is 44.0 Å². The lowest BCUT2D eigenvalue weighted by Crippen LogP contribution is -2.25. The van der Waals surface area contributed by atoms with E-state index >= 15 is 0 Å². The number of carbonyl (C=O) groups excluding carboxylic acids is 1. The van der Waals surface area contributed by atoms with Crippen LogP contribution in [0.1, 0.15) is 25.8 Å². The number of carbonyl (C=O) groups is 1.